The third-order valence-electron chi connectivity index (χ3n) is 9.14. The average Bonchev–Trinajstić information content (AvgIpc) is 3.53. The van der Waals surface area contributed by atoms with Crippen LogP contribution in [0.3, 0.4) is 0 Å². The molecule has 9 rings (SSSR count). The van der Waals surface area contributed by atoms with Crippen molar-refractivity contribution in [1.29, 1.82) is 0 Å². The van der Waals surface area contributed by atoms with Crippen molar-refractivity contribution in [1.82, 2.24) is 9.55 Å². The monoisotopic (exact) mass is 613 g/mol. The predicted octanol–water partition coefficient (Wildman–Crippen LogP) is 12.1. The van der Waals surface area contributed by atoms with Crippen LogP contribution < -0.4 is 4.90 Å². The molecule has 0 aliphatic carbocycles. The lowest BCUT2D eigenvalue weighted by atomic mass is 10.0. The molecule has 0 unspecified atom stereocenters. The Morgan fingerprint density at radius 2 is 0.875 bits per heavy atom. The van der Waals surface area contributed by atoms with Gasteiger partial charge in [-0.15, -0.1) is 0 Å². The minimum atomic E-state index is 0.920. The van der Waals surface area contributed by atoms with E-state index in [0.29, 0.717) is 0 Å². The molecule has 0 bridgehead atoms. The fraction of sp³-hybridized carbons (Fsp3) is 0. The van der Waals surface area contributed by atoms with E-state index >= 15 is 0 Å². The molecule has 9 aromatic rings. The quantitative estimate of drug-likeness (QED) is 0.186. The van der Waals surface area contributed by atoms with Crippen molar-refractivity contribution < 1.29 is 0 Å². The van der Waals surface area contributed by atoms with E-state index in [1.54, 1.807) is 0 Å². The van der Waals surface area contributed by atoms with Crippen molar-refractivity contribution in [2.75, 3.05) is 4.90 Å². The molecular formula is C45H31N3. The van der Waals surface area contributed by atoms with Crippen LogP contribution in [0.15, 0.2) is 188 Å². The highest BCUT2D eigenvalue weighted by Gasteiger charge is 2.17. The number of para-hydroxylation sites is 2. The third-order valence-corrected chi connectivity index (χ3v) is 9.14. The summed E-state index contributed by atoms with van der Waals surface area (Å²) in [4.78, 5) is 7.51. The van der Waals surface area contributed by atoms with Crippen molar-refractivity contribution in [2.45, 2.75) is 0 Å². The Morgan fingerprint density at radius 3 is 1.54 bits per heavy atom. The SMILES string of the molecule is c1ccc(N(c2ccc(-c3ccc4ccccc4c3)cc2)c2ccc(-c3nc4cc5ccccc5cc4n3-c3ccccc3)cc2)cc1. The van der Waals surface area contributed by atoms with Crippen molar-refractivity contribution in [2.24, 2.45) is 0 Å². The highest BCUT2D eigenvalue weighted by molar-refractivity contribution is 5.97. The second-order valence-corrected chi connectivity index (χ2v) is 12.1. The van der Waals surface area contributed by atoms with Crippen LogP contribution in [0.25, 0.3) is 60.8 Å². The van der Waals surface area contributed by atoms with Gasteiger partial charge in [-0.05, 0) is 112 Å². The van der Waals surface area contributed by atoms with Crippen molar-refractivity contribution in [3.05, 3.63) is 188 Å². The molecule has 3 heteroatoms. The first-order valence-electron chi connectivity index (χ1n) is 16.3. The van der Waals surface area contributed by atoms with Crippen molar-refractivity contribution in [3.63, 3.8) is 0 Å². The first-order valence-corrected chi connectivity index (χ1v) is 16.3. The minimum absolute atomic E-state index is 0.920. The van der Waals surface area contributed by atoms with Gasteiger partial charge in [0.15, 0.2) is 0 Å². The van der Waals surface area contributed by atoms with Gasteiger partial charge in [0.05, 0.1) is 11.0 Å². The van der Waals surface area contributed by atoms with E-state index in [4.69, 9.17) is 4.98 Å². The molecule has 226 valence electrons. The summed E-state index contributed by atoms with van der Waals surface area (Å²) in [5, 5.41) is 4.90. The van der Waals surface area contributed by atoms with Crippen molar-refractivity contribution >= 4 is 49.6 Å². The largest absolute Gasteiger partial charge is 0.311 e. The number of nitrogens with zero attached hydrogens (tertiary/aromatic N) is 3. The Kier molecular flexibility index (Phi) is 6.80. The number of rotatable bonds is 6. The van der Waals surface area contributed by atoms with Gasteiger partial charge in [-0.2, -0.15) is 0 Å². The minimum Gasteiger partial charge on any atom is -0.311 e. The Hall–Kier alpha value is -6.45. The van der Waals surface area contributed by atoms with Gasteiger partial charge < -0.3 is 4.90 Å². The fourth-order valence-corrected chi connectivity index (χ4v) is 6.75. The van der Waals surface area contributed by atoms with E-state index in [0.717, 1.165) is 45.2 Å². The Morgan fingerprint density at radius 1 is 0.375 bits per heavy atom. The van der Waals surface area contributed by atoms with Gasteiger partial charge in [0.2, 0.25) is 0 Å². The van der Waals surface area contributed by atoms with Gasteiger partial charge in [0.25, 0.3) is 0 Å². The first-order chi connectivity index (χ1) is 23.8. The van der Waals surface area contributed by atoms with Gasteiger partial charge in [-0.25, -0.2) is 4.98 Å². The molecule has 1 heterocycles. The van der Waals surface area contributed by atoms with E-state index in [1.807, 2.05) is 0 Å². The summed E-state index contributed by atoms with van der Waals surface area (Å²) in [6.45, 7) is 0. The maximum Gasteiger partial charge on any atom is 0.145 e. The number of anilines is 3. The lowest BCUT2D eigenvalue weighted by Crippen LogP contribution is -2.09. The van der Waals surface area contributed by atoms with E-state index in [9.17, 15) is 0 Å². The summed E-state index contributed by atoms with van der Waals surface area (Å²) in [5.74, 6) is 0.920. The maximum absolute atomic E-state index is 5.21. The number of hydrogen-bond donors (Lipinski definition) is 0. The van der Waals surface area contributed by atoms with Crippen LogP contribution in [-0.2, 0) is 0 Å². The van der Waals surface area contributed by atoms with Crippen LogP contribution in [0.1, 0.15) is 0 Å². The van der Waals surface area contributed by atoms with E-state index in [2.05, 4.69) is 198 Å². The first kappa shape index (κ1) is 27.8. The second-order valence-electron chi connectivity index (χ2n) is 12.1. The van der Waals surface area contributed by atoms with Crippen LogP contribution in [0.2, 0.25) is 0 Å². The van der Waals surface area contributed by atoms with Gasteiger partial charge in [-0.3, -0.25) is 4.57 Å². The van der Waals surface area contributed by atoms with E-state index in [1.165, 1.54) is 32.7 Å². The number of aromatic nitrogens is 2. The van der Waals surface area contributed by atoms with Crippen LogP contribution in [0, 0.1) is 0 Å². The highest BCUT2D eigenvalue weighted by atomic mass is 15.1. The van der Waals surface area contributed by atoms with Crippen LogP contribution in [0.4, 0.5) is 17.1 Å². The van der Waals surface area contributed by atoms with Crippen LogP contribution in [0.5, 0.6) is 0 Å². The molecule has 0 saturated carbocycles. The summed E-state index contributed by atoms with van der Waals surface area (Å²) in [7, 11) is 0. The Bertz CT molecular complexity index is 2530. The van der Waals surface area contributed by atoms with Gasteiger partial charge in [-0.1, -0.05) is 109 Å². The maximum atomic E-state index is 5.21. The molecule has 0 radical (unpaired) electrons. The predicted molar refractivity (Wildman–Crippen MR) is 202 cm³/mol. The smallest absolute Gasteiger partial charge is 0.145 e. The molecular weight excluding hydrogens is 583 g/mol. The molecule has 3 nitrogen and oxygen atoms in total. The number of imidazole rings is 1. The molecule has 0 spiro atoms. The molecule has 0 atom stereocenters. The molecule has 0 aliphatic rings. The zero-order chi connectivity index (χ0) is 31.9. The van der Waals surface area contributed by atoms with Gasteiger partial charge in [0, 0.05) is 28.3 Å². The molecule has 1 aromatic heterocycles. The zero-order valence-electron chi connectivity index (χ0n) is 26.2. The topological polar surface area (TPSA) is 21.1 Å². The van der Waals surface area contributed by atoms with Crippen LogP contribution in [-0.4, -0.2) is 9.55 Å². The third kappa shape index (κ3) is 4.99. The Labute approximate surface area is 279 Å². The number of fused-ring (bicyclic) bond motifs is 3. The molecule has 0 amide bonds. The summed E-state index contributed by atoms with van der Waals surface area (Å²) in [5.41, 5.74) is 9.91. The number of benzene rings is 8. The van der Waals surface area contributed by atoms with Crippen molar-refractivity contribution in [3.8, 4) is 28.2 Å². The van der Waals surface area contributed by atoms with E-state index < -0.39 is 0 Å². The molecule has 0 fully saturated rings. The standard InChI is InChI=1S/C45H31N3/c1-3-15-39(16-4-1)47(41-25-21-33(22-26-41)38-20-19-32-11-7-8-12-35(32)29-38)42-27-23-34(24-28-42)45-46-43-30-36-13-9-10-14-37(36)31-44(43)48(45)40-17-5-2-6-18-40/h1-31H. The van der Waals surface area contributed by atoms with Gasteiger partial charge in [0.1, 0.15) is 5.82 Å². The Balaban J connectivity index is 1.12. The second kappa shape index (κ2) is 11.7. The zero-order valence-corrected chi connectivity index (χ0v) is 26.2. The summed E-state index contributed by atoms with van der Waals surface area (Å²) in [6, 6.07) is 66.8. The van der Waals surface area contributed by atoms with E-state index in [-0.39, 0.29) is 0 Å². The van der Waals surface area contributed by atoms with Gasteiger partial charge >= 0.3 is 0 Å². The lowest BCUT2D eigenvalue weighted by Gasteiger charge is -2.26. The molecule has 0 N–H and O–H groups in total. The molecule has 48 heavy (non-hydrogen) atoms. The fourth-order valence-electron chi connectivity index (χ4n) is 6.75. The molecule has 0 aliphatic heterocycles. The normalized spacial score (nSPS) is 11.3. The highest BCUT2D eigenvalue weighted by Crippen LogP contribution is 2.38. The number of hydrogen-bond acceptors (Lipinski definition) is 2. The summed E-state index contributed by atoms with van der Waals surface area (Å²) < 4.78 is 2.28. The molecule has 8 aromatic carbocycles. The lowest BCUT2D eigenvalue weighted by molar-refractivity contribution is 1.10. The summed E-state index contributed by atoms with van der Waals surface area (Å²) >= 11 is 0. The summed E-state index contributed by atoms with van der Waals surface area (Å²) in [6.07, 6.45) is 0. The van der Waals surface area contributed by atoms with Crippen LogP contribution >= 0.6 is 0 Å². The average molecular weight is 614 g/mol. The molecule has 0 saturated heterocycles.